The number of carbonyl (C=O) groups is 3. The summed E-state index contributed by atoms with van der Waals surface area (Å²) in [7, 11) is 3.07. The Morgan fingerprint density at radius 1 is 1.21 bits per heavy atom. The van der Waals surface area contributed by atoms with Gasteiger partial charge in [0, 0.05) is 24.7 Å². The second kappa shape index (κ2) is 10.9. The topological polar surface area (TPSA) is 123 Å². The summed E-state index contributed by atoms with van der Waals surface area (Å²) >= 11 is 0. The first-order valence-electron chi connectivity index (χ1n) is 9.14. The van der Waals surface area contributed by atoms with Gasteiger partial charge in [-0.25, -0.2) is 0 Å². The summed E-state index contributed by atoms with van der Waals surface area (Å²) < 4.78 is 10.5. The molecule has 0 radical (unpaired) electrons. The van der Waals surface area contributed by atoms with Crippen LogP contribution in [0.5, 0.6) is 11.5 Å². The number of hydrogen-bond donors (Lipinski definition) is 3. The quantitative estimate of drug-likeness (QED) is 0.552. The highest BCUT2D eigenvalue weighted by atomic mass is 35.5. The Kier molecular flexibility index (Phi) is 9.19. The summed E-state index contributed by atoms with van der Waals surface area (Å²) in [5, 5.41) is 5.15. The molecule has 2 atom stereocenters. The molecule has 29 heavy (non-hydrogen) atoms. The molecule has 1 heterocycles. The Morgan fingerprint density at radius 2 is 1.79 bits per heavy atom. The monoisotopic (exact) mass is 428 g/mol. The zero-order valence-corrected chi connectivity index (χ0v) is 17.9. The molecule has 1 aliphatic heterocycles. The van der Waals surface area contributed by atoms with E-state index in [1.54, 1.807) is 23.1 Å². The number of rotatable bonds is 8. The number of ether oxygens (including phenoxy) is 2. The molecule has 0 aliphatic carbocycles. The van der Waals surface area contributed by atoms with Crippen LogP contribution in [0.15, 0.2) is 18.2 Å². The first-order chi connectivity index (χ1) is 13.3. The standard InChI is InChI=1S/C19H28N4O5.ClH/c1-11(2)17(20)18(25)21-10-16(24)22-15-5-6-23(19(15)26)12-7-13(27-3)9-14(8-12)28-4;/h7-9,11,15,17H,5-6,10,20H2,1-4H3,(H,21,25)(H,22,24);1H/t15?,17-;/m0./s1. The van der Waals surface area contributed by atoms with E-state index in [0.717, 1.165) is 0 Å². The van der Waals surface area contributed by atoms with Crippen LogP contribution in [0.3, 0.4) is 0 Å². The molecule has 0 saturated carbocycles. The van der Waals surface area contributed by atoms with Gasteiger partial charge in [0.2, 0.25) is 17.7 Å². The van der Waals surface area contributed by atoms with Crippen molar-refractivity contribution in [2.45, 2.75) is 32.4 Å². The lowest BCUT2D eigenvalue weighted by atomic mass is 10.1. The predicted molar refractivity (Wildman–Crippen MR) is 112 cm³/mol. The van der Waals surface area contributed by atoms with Crippen molar-refractivity contribution >= 4 is 35.8 Å². The number of halogens is 1. The summed E-state index contributed by atoms with van der Waals surface area (Å²) in [6.07, 6.45) is 0.462. The fourth-order valence-corrected chi connectivity index (χ4v) is 2.85. The molecule has 0 spiro atoms. The molecule has 0 aromatic heterocycles. The summed E-state index contributed by atoms with van der Waals surface area (Å²) in [6.45, 7) is 3.87. The van der Waals surface area contributed by atoms with E-state index in [1.165, 1.54) is 14.2 Å². The van der Waals surface area contributed by atoms with Gasteiger partial charge in [0.15, 0.2) is 0 Å². The van der Waals surface area contributed by atoms with Crippen molar-refractivity contribution in [3.05, 3.63) is 18.2 Å². The van der Waals surface area contributed by atoms with Crippen LogP contribution >= 0.6 is 12.4 Å². The molecule has 9 nitrogen and oxygen atoms in total. The third-order valence-corrected chi connectivity index (χ3v) is 4.63. The van der Waals surface area contributed by atoms with Crippen LogP contribution in [-0.2, 0) is 14.4 Å². The van der Waals surface area contributed by atoms with Crippen LogP contribution in [0.25, 0.3) is 0 Å². The second-order valence-electron chi connectivity index (χ2n) is 6.96. The third kappa shape index (κ3) is 6.23. The lowest BCUT2D eigenvalue weighted by molar-refractivity contribution is -0.128. The van der Waals surface area contributed by atoms with Crippen LogP contribution in [0, 0.1) is 5.92 Å². The maximum absolute atomic E-state index is 12.7. The minimum atomic E-state index is -0.681. The number of hydrogen-bond acceptors (Lipinski definition) is 6. The Bertz CT molecular complexity index is 721. The maximum atomic E-state index is 12.7. The summed E-state index contributed by atoms with van der Waals surface area (Å²) in [4.78, 5) is 38.2. The number of methoxy groups -OCH3 is 2. The van der Waals surface area contributed by atoms with Gasteiger partial charge in [0.05, 0.1) is 32.5 Å². The van der Waals surface area contributed by atoms with E-state index in [-0.39, 0.29) is 30.8 Å². The average Bonchev–Trinajstić information content (AvgIpc) is 3.05. The lowest BCUT2D eigenvalue weighted by Crippen LogP contribution is -2.49. The van der Waals surface area contributed by atoms with Gasteiger partial charge in [-0.05, 0) is 12.3 Å². The Balaban J connectivity index is 0.00000420. The van der Waals surface area contributed by atoms with E-state index in [9.17, 15) is 14.4 Å². The number of anilines is 1. The second-order valence-corrected chi connectivity index (χ2v) is 6.96. The maximum Gasteiger partial charge on any atom is 0.249 e. The van der Waals surface area contributed by atoms with Crippen molar-refractivity contribution in [2.24, 2.45) is 11.7 Å². The number of amides is 3. The largest absolute Gasteiger partial charge is 0.497 e. The van der Waals surface area contributed by atoms with Gasteiger partial charge in [-0.1, -0.05) is 13.8 Å². The van der Waals surface area contributed by atoms with Gasteiger partial charge in [-0.15, -0.1) is 12.4 Å². The number of benzene rings is 1. The van der Waals surface area contributed by atoms with Gasteiger partial charge in [-0.3, -0.25) is 14.4 Å². The normalized spacial score (nSPS) is 16.8. The molecule has 1 unspecified atom stereocenters. The first-order valence-corrected chi connectivity index (χ1v) is 9.14. The van der Waals surface area contributed by atoms with Crippen molar-refractivity contribution in [2.75, 3.05) is 32.2 Å². The fraction of sp³-hybridized carbons (Fsp3) is 0.526. The molecule has 3 amide bonds. The number of carbonyl (C=O) groups excluding carboxylic acids is 3. The highest BCUT2D eigenvalue weighted by molar-refractivity contribution is 6.02. The van der Waals surface area contributed by atoms with Crippen molar-refractivity contribution in [3.8, 4) is 11.5 Å². The zero-order valence-electron chi connectivity index (χ0n) is 17.1. The minimum absolute atomic E-state index is 0. The molecular formula is C19H29ClN4O5. The third-order valence-electron chi connectivity index (χ3n) is 4.63. The van der Waals surface area contributed by atoms with E-state index in [4.69, 9.17) is 15.2 Å². The van der Waals surface area contributed by atoms with Crippen LogP contribution in [0.4, 0.5) is 5.69 Å². The summed E-state index contributed by atoms with van der Waals surface area (Å²) in [6, 6.07) is 3.85. The highest BCUT2D eigenvalue weighted by Gasteiger charge is 2.34. The molecule has 1 aliphatic rings. The van der Waals surface area contributed by atoms with Gasteiger partial charge in [-0.2, -0.15) is 0 Å². The molecule has 1 aromatic carbocycles. The zero-order chi connectivity index (χ0) is 20.8. The number of nitrogens with two attached hydrogens (primary N) is 1. The molecule has 2 rings (SSSR count). The lowest BCUT2D eigenvalue weighted by Gasteiger charge is -2.19. The smallest absolute Gasteiger partial charge is 0.249 e. The first kappa shape index (κ1) is 24.5. The molecule has 1 saturated heterocycles. The molecule has 0 bridgehead atoms. The molecule has 10 heteroatoms. The predicted octanol–water partition coefficient (Wildman–Crippen LogP) is 0.447. The summed E-state index contributed by atoms with van der Waals surface area (Å²) in [5.41, 5.74) is 6.37. The van der Waals surface area contributed by atoms with Crippen LogP contribution in [-0.4, -0.2) is 57.1 Å². The number of nitrogens with one attached hydrogen (secondary N) is 2. The Hall–Kier alpha value is -2.52. The van der Waals surface area contributed by atoms with Gasteiger partial charge < -0.3 is 30.7 Å². The molecule has 4 N–H and O–H groups in total. The van der Waals surface area contributed by atoms with Gasteiger partial charge in [0.25, 0.3) is 0 Å². The fourth-order valence-electron chi connectivity index (χ4n) is 2.85. The van der Waals surface area contributed by atoms with E-state index >= 15 is 0 Å². The van der Waals surface area contributed by atoms with E-state index in [1.807, 2.05) is 13.8 Å². The molecular weight excluding hydrogens is 400 g/mol. The SMILES string of the molecule is COc1cc(OC)cc(N2CCC(NC(=O)CNC(=O)[C@@H](N)C(C)C)C2=O)c1.Cl. The minimum Gasteiger partial charge on any atom is -0.497 e. The average molecular weight is 429 g/mol. The van der Waals surface area contributed by atoms with Crippen molar-refractivity contribution < 1.29 is 23.9 Å². The van der Waals surface area contributed by atoms with Gasteiger partial charge in [0.1, 0.15) is 17.5 Å². The van der Waals surface area contributed by atoms with E-state index < -0.39 is 23.9 Å². The van der Waals surface area contributed by atoms with E-state index in [2.05, 4.69) is 10.6 Å². The highest BCUT2D eigenvalue weighted by Crippen LogP contribution is 2.30. The van der Waals surface area contributed by atoms with Crippen LogP contribution < -0.4 is 30.7 Å². The van der Waals surface area contributed by atoms with Crippen molar-refractivity contribution in [1.29, 1.82) is 0 Å². The van der Waals surface area contributed by atoms with Crippen molar-refractivity contribution in [1.82, 2.24) is 10.6 Å². The summed E-state index contributed by atoms with van der Waals surface area (Å²) in [5.74, 6) is 0.0418. The number of nitrogens with zero attached hydrogens (tertiary/aromatic N) is 1. The van der Waals surface area contributed by atoms with Gasteiger partial charge >= 0.3 is 0 Å². The van der Waals surface area contributed by atoms with Crippen LogP contribution in [0.2, 0.25) is 0 Å². The Labute approximate surface area is 176 Å². The van der Waals surface area contributed by atoms with Crippen molar-refractivity contribution in [3.63, 3.8) is 0 Å². The van der Waals surface area contributed by atoms with Crippen LogP contribution in [0.1, 0.15) is 20.3 Å². The molecule has 1 fully saturated rings. The Morgan fingerprint density at radius 3 is 2.31 bits per heavy atom. The molecule has 1 aromatic rings. The molecule has 162 valence electrons. The van der Waals surface area contributed by atoms with E-state index in [0.29, 0.717) is 30.2 Å².